The van der Waals surface area contributed by atoms with Crippen LogP contribution in [0.3, 0.4) is 0 Å². The van der Waals surface area contributed by atoms with E-state index in [4.69, 9.17) is 0 Å². The topological polar surface area (TPSA) is 57.5 Å². The molecule has 2 N–H and O–H groups in total. The van der Waals surface area contributed by atoms with Gasteiger partial charge in [-0.05, 0) is 61.7 Å². The molecule has 0 aromatic rings. The first-order valence-electron chi connectivity index (χ1n) is 8.95. The summed E-state index contributed by atoms with van der Waals surface area (Å²) >= 11 is 0. The summed E-state index contributed by atoms with van der Waals surface area (Å²) in [6.45, 7) is 4.39. The molecule has 0 aliphatic heterocycles. The summed E-state index contributed by atoms with van der Waals surface area (Å²) in [5.74, 6) is 1.51. The molecule has 0 saturated heterocycles. The lowest BCUT2D eigenvalue weighted by molar-refractivity contribution is -0.145. The van der Waals surface area contributed by atoms with E-state index in [-0.39, 0.29) is 29.0 Å². The number of aliphatic hydroxyl groups excluding tert-OH is 2. The Hall–Kier alpha value is -0.670. The van der Waals surface area contributed by atoms with Crippen LogP contribution in [0.25, 0.3) is 0 Å². The number of aliphatic hydroxyl groups is 2. The molecule has 122 valence electrons. The second kappa shape index (κ2) is 4.67. The summed E-state index contributed by atoms with van der Waals surface area (Å²) in [5, 5.41) is 21.0. The number of hydrogen-bond acceptors (Lipinski definition) is 3. The first-order chi connectivity index (χ1) is 10.4. The van der Waals surface area contributed by atoms with Gasteiger partial charge in [-0.1, -0.05) is 25.5 Å². The van der Waals surface area contributed by atoms with Crippen LogP contribution in [0.4, 0.5) is 0 Å². The molecular formula is C19H28O3. The van der Waals surface area contributed by atoms with Crippen LogP contribution in [0.15, 0.2) is 11.6 Å². The van der Waals surface area contributed by atoms with Crippen molar-refractivity contribution in [3.8, 4) is 0 Å². The zero-order valence-electron chi connectivity index (χ0n) is 13.7. The molecule has 0 aromatic carbocycles. The number of hydrogen-bond donors (Lipinski definition) is 2. The molecule has 3 nitrogen and oxygen atoms in total. The number of carbonyl (C=O) groups is 1. The molecule has 3 fully saturated rings. The Morgan fingerprint density at radius 2 is 1.95 bits per heavy atom. The van der Waals surface area contributed by atoms with Crippen LogP contribution in [0.5, 0.6) is 0 Å². The molecule has 7 unspecified atom stereocenters. The van der Waals surface area contributed by atoms with E-state index in [1.807, 2.05) is 0 Å². The summed E-state index contributed by atoms with van der Waals surface area (Å²) in [5.41, 5.74) is 1.09. The fourth-order valence-electron chi connectivity index (χ4n) is 6.55. The van der Waals surface area contributed by atoms with Gasteiger partial charge in [0.2, 0.25) is 0 Å². The minimum atomic E-state index is -0.378. The van der Waals surface area contributed by atoms with E-state index in [9.17, 15) is 15.0 Å². The summed E-state index contributed by atoms with van der Waals surface area (Å²) in [7, 11) is 0. The molecule has 7 atom stereocenters. The van der Waals surface area contributed by atoms with Gasteiger partial charge in [0.1, 0.15) is 5.78 Å². The molecule has 0 bridgehead atoms. The average Bonchev–Trinajstić information content (AvgIpc) is 2.75. The third-order valence-corrected chi connectivity index (χ3v) is 7.72. The average molecular weight is 304 g/mol. The standard InChI is InChI=1S/C19H28O3/c1-18-8-7-12(20)9-11(18)3-4-13-14-5-6-16(22)19(14,2)10-15(21)17(13)18/h3,12-15,17,20-21H,4-10H2,1-2H3. The third-order valence-electron chi connectivity index (χ3n) is 7.72. The fourth-order valence-corrected chi connectivity index (χ4v) is 6.55. The first-order valence-corrected chi connectivity index (χ1v) is 8.95. The van der Waals surface area contributed by atoms with Crippen molar-refractivity contribution in [1.29, 1.82) is 0 Å². The van der Waals surface area contributed by atoms with Gasteiger partial charge in [-0.2, -0.15) is 0 Å². The van der Waals surface area contributed by atoms with Gasteiger partial charge in [0, 0.05) is 11.8 Å². The zero-order valence-corrected chi connectivity index (χ0v) is 13.7. The van der Waals surface area contributed by atoms with Crippen molar-refractivity contribution in [1.82, 2.24) is 0 Å². The summed E-state index contributed by atoms with van der Waals surface area (Å²) < 4.78 is 0. The second-order valence-corrected chi connectivity index (χ2v) is 8.73. The van der Waals surface area contributed by atoms with Crippen molar-refractivity contribution in [2.45, 2.75) is 71.0 Å². The van der Waals surface area contributed by atoms with Crippen LogP contribution in [0.2, 0.25) is 0 Å². The van der Waals surface area contributed by atoms with Gasteiger partial charge in [-0.3, -0.25) is 4.79 Å². The molecule has 0 amide bonds. The van der Waals surface area contributed by atoms with E-state index in [0.717, 1.165) is 32.1 Å². The number of ketones is 1. The zero-order chi connectivity index (χ0) is 15.7. The molecule has 0 spiro atoms. The predicted octanol–water partition coefficient (Wildman–Crippen LogP) is 2.85. The normalized spacial score (nSPS) is 54.3. The molecule has 22 heavy (non-hydrogen) atoms. The maximum absolute atomic E-state index is 12.4. The molecule has 3 saturated carbocycles. The number of rotatable bonds is 0. The highest BCUT2D eigenvalue weighted by atomic mass is 16.3. The monoisotopic (exact) mass is 304 g/mol. The Balaban J connectivity index is 1.74. The summed E-state index contributed by atoms with van der Waals surface area (Å²) in [6, 6.07) is 0. The highest BCUT2D eigenvalue weighted by Crippen LogP contribution is 2.63. The first kappa shape index (κ1) is 14.9. The van der Waals surface area contributed by atoms with Crippen LogP contribution in [-0.4, -0.2) is 28.2 Å². The van der Waals surface area contributed by atoms with Crippen LogP contribution in [0.1, 0.15) is 58.8 Å². The van der Waals surface area contributed by atoms with Crippen LogP contribution in [-0.2, 0) is 4.79 Å². The lowest BCUT2D eigenvalue weighted by Gasteiger charge is -2.58. The van der Waals surface area contributed by atoms with Gasteiger partial charge >= 0.3 is 0 Å². The molecule has 4 aliphatic carbocycles. The number of Topliss-reactive ketones (excluding diaryl/α,β-unsaturated/α-hetero) is 1. The largest absolute Gasteiger partial charge is 0.393 e. The van der Waals surface area contributed by atoms with Crippen molar-refractivity contribution in [2.75, 3.05) is 0 Å². The summed E-state index contributed by atoms with van der Waals surface area (Å²) in [4.78, 5) is 12.4. The quantitative estimate of drug-likeness (QED) is 0.677. The fraction of sp³-hybridized carbons (Fsp3) is 0.842. The molecular weight excluding hydrogens is 276 g/mol. The second-order valence-electron chi connectivity index (χ2n) is 8.73. The predicted molar refractivity (Wildman–Crippen MR) is 84.1 cm³/mol. The van der Waals surface area contributed by atoms with Gasteiger partial charge < -0.3 is 10.2 Å². The Kier molecular flexibility index (Phi) is 3.16. The highest BCUT2D eigenvalue weighted by molar-refractivity contribution is 5.87. The molecule has 4 aliphatic rings. The van der Waals surface area contributed by atoms with E-state index in [2.05, 4.69) is 19.9 Å². The van der Waals surface area contributed by atoms with Crippen LogP contribution < -0.4 is 0 Å². The maximum atomic E-state index is 12.4. The van der Waals surface area contributed by atoms with Crippen LogP contribution >= 0.6 is 0 Å². The number of fused-ring (bicyclic) bond motifs is 5. The molecule has 0 heterocycles. The Morgan fingerprint density at radius 1 is 1.18 bits per heavy atom. The van der Waals surface area contributed by atoms with E-state index < -0.39 is 0 Å². The van der Waals surface area contributed by atoms with Gasteiger partial charge in [0.05, 0.1) is 12.2 Å². The van der Waals surface area contributed by atoms with E-state index in [0.29, 0.717) is 30.5 Å². The Labute approximate surface area is 132 Å². The van der Waals surface area contributed by atoms with Gasteiger partial charge in [-0.15, -0.1) is 0 Å². The minimum Gasteiger partial charge on any atom is -0.393 e. The molecule has 0 radical (unpaired) electrons. The third kappa shape index (κ3) is 1.78. The van der Waals surface area contributed by atoms with Crippen LogP contribution in [0, 0.1) is 28.6 Å². The van der Waals surface area contributed by atoms with Crippen molar-refractivity contribution in [3.63, 3.8) is 0 Å². The highest BCUT2D eigenvalue weighted by Gasteiger charge is 2.61. The van der Waals surface area contributed by atoms with Crippen molar-refractivity contribution < 1.29 is 15.0 Å². The van der Waals surface area contributed by atoms with Crippen molar-refractivity contribution in [3.05, 3.63) is 11.6 Å². The number of carbonyl (C=O) groups excluding carboxylic acids is 1. The molecule has 0 aromatic heterocycles. The minimum absolute atomic E-state index is 0.0224. The smallest absolute Gasteiger partial charge is 0.139 e. The van der Waals surface area contributed by atoms with Crippen molar-refractivity contribution in [2.24, 2.45) is 28.6 Å². The SMILES string of the molecule is CC12CC(O)C3C(CC=C4CC(O)CCC43C)C1CCC2=O. The van der Waals surface area contributed by atoms with Gasteiger partial charge in [-0.25, -0.2) is 0 Å². The van der Waals surface area contributed by atoms with Gasteiger partial charge in [0.15, 0.2) is 0 Å². The molecule has 3 heteroatoms. The lowest BCUT2D eigenvalue weighted by Crippen LogP contribution is -2.56. The van der Waals surface area contributed by atoms with Crippen molar-refractivity contribution >= 4 is 5.78 Å². The van der Waals surface area contributed by atoms with E-state index in [1.54, 1.807) is 0 Å². The maximum Gasteiger partial charge on any atom is 0.139 e. The van der Waals surface area contributed by atoms with E-state index in [1.165, 1.54) is 5.57 Å². The Morgan fingerprint density at radius 3 is 2.73 bits per heavy atom. The van der Waals surface area contributed by atoms with Gasteiger partial charge in [0.25, 0.3) is 0 Å². The summed E-state index contributed by atoms with van der Waals surface area (Å²) in [6.07, 6.45) is 7.65. The Bertz CT molecular complexity index is 539. The molecule has 4 rings (SSSR count). The lowest BCUT2D eigenvalue weighted by atomic mass is 9.47. The number of allylic oxidation sites excluding steroid dienone is 1. The van der Waals surface area contributed by atoms with E-state index >= 15 is 0 Å².